The fraction of sp³-hybridized carbons (Fsp3) is 0.556. The van der Waals surface area contributed by atoms with Crippen molar-refractivity contribution >= 4 is 27.6 Å². The maximum Gasteiger partial charge on any atom is 0.321 e. The van der Waals surface area contributed by atoms with E-state index in [-0.39, 0.29) is 35.1 Å². The van der Waals surface area contributed by atoms with Gasteiger partial charge in [0.1, 0.15) is 0 Å². The maximum absolute atomic E-state index is 12.6. The number of nitrogens with zero attached hydrogens (tertiary/aromatic N) is 2. The van der Waals surface area contributed by atoms with Gasteiger partial charge in [0.25, 0.3) is 0 Å². The molecule has 2 atom stereocenters. The Kier molecular flexibility index (Phi) is 5.07. The Labute approximate surface area is 159 Å². The van der Waals surface area contributed by atoms with Crippen LogP contribution in [0.1, 0.15) is 25.8 Å². The Morgan fingerprint density at radius 2 is 2.04 bits per heavy atom. The molecule has 27 heavy (non-hydrogen) atoms. The second-order valence-corrected chi connectivity index (χ2v) is 9.53. The van der Waals surface area contributed by atoms with Gasteiger partial charge < -0.3 is 20.4 Å². The Morgan fingerprint density at radius 3 is 2.63 bits per heavy atom. The third-order valence-corrected chi connectivity index (χ3v) is 6.40. The molecule has 148 valence electrons. The molecule has 3 rings (SSSR count). The molecular weight excluding hydrogens is 368 g/mol. The predicted molar refractivity (Wildman–Crippen MR) is 103 cm³/mol. The number of sulfone groups is 1. The zero-order chi connectivity index (χ0) is 19.9. The topological polar surface area (TPSA) is 98.8 Å². The van der Waals surface area contributed by atoms with Crippen LogP contribution < -0.4 is 10.6 Å². The summed E-state index contributed by atoms with van der Waals surface area (Å²) < 4.78 is 23.4. The lowest BCUT2D eigenvalue weighted by atomic mass is 9.99. The van der Waals surface area contributed by atoms with Crippen molar-refractivity contribution in [3.63, 3.8) is 0 Å². The zero-order valence-electron chi connectivity index (χ0n) is 16.0. The highest BCUT2D eigenvalue weighted by Crippen LogP contribution is 2.26. The SMILES string of the molecule is Cc1cc(NC(=O)N2CC[C@H]3[C@@H](C2)NC(=O)N3C(C)C)ccc1S(C)(=O)=O. The highest BCUT2D eigenvalue weighted by atomic mass is 32.2. The average Bonchev–Trinajstić information content (AvgIpc) is 2.88. The van der Waals surface area contributed by atoms with Crippen LogP contribution in [0.5, 0.6) is 0 Å². The molecule has 0 saturated carbocycles. The van der Waals surface area contributed by atoms with Crippen molar-refractivity contribution in [3.05, 3.63) is 23.8 Å². The summed E-state index contributed by atoms with van der Waals surface area (Å²) in [6.45, 7) is 6.69. The Bertz CT molecular complexity index is 868. The van der Waals surface area contributed by atoms with Gasteiger partial charge in [-0.2, -0.15) is 0 Å². The average molecular weight is 394 g/mol. The number of amides is 4. The fourth-order valence-corrected chi connectivity index (χ4v) is 4.90. The number of hydrogen-bond acceptors (Lipinski definition) is 4. The minimum Gasteiger partial charge on any atom is -0.331 e. The summed E-state index contributed by atoms with van der Waals surface area (Å²) >= 11 is 0. The van der Waals surface area contributed by atoms with E-state index >= 15 is 0 Å². The quantitative estimate of drug-likeness (QED) is 0.817. The summed E-state index contributed by atoms with van der Waals surface area (Å²) in [5, 5.41) is 5.79. The predicted octanol–water partition coefficient (Wildman–Crippen LogP) is 1.81. The summed E-state index contributed by atoms with van der Waals surface area (Å²) in [5.41, 5.74) is 1.14. The first-order valence-corrected chi connectivity index (χ1v) is 10.9. The number of piperidine rings is 1. The molecule has 0 aliphatic carbocycles. The number of hydrogen-bond donors (Lipinski definition) is 2. The maximum atomic E-state index is 12.6. The second kappa shape index (κ2) is 7.03. The van der Waals surface area contributed by atoms with Gasteiger partial charge in [0.2, 0.25) is 0 Å². The van der Waals surface area contributed by atoms with Gasteiger partial charge >= 0.3 is 12.1 Å². The van der Waals surface area contributed by atoms with Crippen molar-refractivity contribution in [2.75, 3.05) is 24.7 Å². The van der Waals surface area contributed by atoms with E-state index in [1.54, 1.807) is 24.0 Å². The Hall–Kier alpha value is -2.29. The van der Waals surface area contributed by atoms with E-state index < -0.39 is 9.84 Å². The smallest absolute Gasteiger partial charge is 0.321 e. The third-order valence-electron chi connectivity index (χ3n) is 5.15. The molecule has 0 bridgehead atoms. The second-order valence-electron chi connectivity index (χ2n) is 7.54. The Morgan fingerprint density at radius 1 is 1.33 bits per heavy atom. The molecule has 9 heteroatoms. The van der Waals surface area contributed by atoms with Gasteiger partial charge in [-0.1, -0.05) is 0 Å². The highest BCUT2D eigenvalue weighted by Gasteiger charge is 2.44. The van der Waals surface area contributed by atoms with E-state index in [0.717, 1.165) is 12.7 Å². The van der Waals surface area contributed by atoms with E-state index in [1.165, 1.54) is 6.07 Å². The minimum atomic E-state index is -3.29. The third kappa shape index (κ3) is 3.87. The monoisotopic (exact) mass is 394 g/mol. The molecule has 2 N–H and O–H groups in total. The van der Waals surface area contributed by atoms with Gasteiger partial charge in [-0.25, -0.2) is 18.0 Å². The first-order valence-electron chi connectivity index (χ1n) is 9.03. The first kappa shape index (κ1) is 19.5. The van der Waals surface area contributed by atoms with Crippen molar-refractivity contribution in [1.82, 2.24) is 15.1 Å². The summed E-state index contributed by atoms with van der Waals surface area (Å²) in [4.78, 5) is 28.6. The largest absolute Gasteiger partial charge is 0.331 e. The number of carbonyl (C=O) groups is 2. The van der Waals surface area contributed by atoms with Crippen LogP contribution in [0.25, 0.3) is 0 Å². The summed E-state index contributed by atoms with van der Waals surface area (Å²) in [6, 6.07) is 4.57. The number of fused-ring (bicyclic) bond motifs is 1. The Balaban J connectivity index is 1.67. The number of nitrogens with one attached hydrogen (secondary N) is 2. The molecule has 4 amide bonds. The van der Waals surface area contributed by atoms with Crippen molar-refractivity contribution in [3.8, 4) is 0 Å². The molecule has 0 unspecified atom stereocenters. The number of anilines is 1. The number of urea groups is 2. The van der Waals surface area contributed by atoms with Crippen LogP contribution in [0.2, 0.25) is 0 Å². The lowest BCUT2D eigenvalue weighted by Crippen LogP contribution is -2.54. The molecule has 1 aromatic rings. The van der Waals surface area contributed by atoms with Gasteiger partial charge in [-0.3, -0.25) is 0 Å². The fourth-order valence-electron chi connectivity index (χ4n) is 3.95. The molecule has 0 radical (unpaired) electrons. The molecular formula is C18H26N4O4S. The molecule has 2 aliphatic rings. The zero-order valence-corrected chi connectivity index (χ0v) is 16.8. The number of benzene rings is 1. The molecule has 0 spiro atoms. The van der Waals surface area contributed by atoms with Crippen LogP contribution in [0.15, 0.2) is 23.1 Å². The van der Waals surface area contributed by atoms with Gasteiger partial charge in [-0.05, 0) is 51.0 Å². The molecule has 0 aromatic heterocycles. The lowest BCUT2D eigenvalue weighted by Gasteiger charge is -2.37. The molecule has 1 aromatic carbocycles. The summed E-state index contributed by atoms with van der Waals surface area (Å²) in [7, 11) is -3.29. The standard InChI is InChI=1S/C18H26N4O4S/c1-11(2)22-15-7-8-21(10-14(15)20-18(22)24)17(23)19-13-5-6-16(12(3)9-13)27(4,25)26/h5-6,9,11,14-15H,7-8,10H2,1-4H3,(H,19,23)(H,20,24)/t14-,15+/m1/s1. The van der Waals surface area contributed by atoms with Crippen LogP contribution in [0.4, 0.5) is 15.3 Å². The molecule has 2 heterocycles. The van der Waals surface area contributed by atoms with E-state index in [1.807, 2.05) is 18.7 Å². The van der Waals surface area contributed by atoms with E-state index in [0.29, 0.717) is 24.3 Å². The number of carbonyl (C=O) groups excluding carboxylic acids is 2. The molecule has 2 aliphatic heterocycles. The van der Waals surface area contributed by atoms with Crippen LogP contribution >= 0.6 is 0 Å². The van der Waals surface area contributed by atoms with Crippen molar-refractivity contribution in [2.45, 2.75) is 50.2 Å². The van der Waals surface area contributed by atoms with Crippen molar-refractivity contribution in [2.24, 2.45) is 0 Å². The van der Waals surface area contributed by atoms with Gasteiger partial charge in [0, 0.05) is 31.1 Å². The van der Waals surface area contributed by atoms with Gasteiger partial charge in [-0.15, -0.1) is 0 Å². The molecule has 2 fully saturated rings. The number of likely N-dealkylation sites (tertiary alicyclic amines) is 1. The van der Waals surface area contributed by atoms with Crippen LogP contribution in [0.3, 0.4) is 0 Å². The number of rotatable bonds is 3. The van der Waals surface area contributed by atoms with Gasteiger partial charge in [0.05, 0.1) is 17.0 Å². The number of aryl methyl sites for hydroxylation is 1. The van der Waals surface area contributed by atoms with Crippen LogP contribution in [-0.4, -0.2) is 67.8 Å². The van der Waals surface area contributed by atoms with E-state index in [9.17, 15) is 18.0 Å². The van der Waals surface area contributed by atoms with E-state index in [2.05, 4.69) is 10.6 Å². The van der Waals surface area contributed by atoms with Crippen LogP contribution in [0, 0.1) is 6.92 Å². The van der Waals surface area contributed by atoms with E-state index in [4.69, 9.17) is 0 Å². The summed E-state index contributed by atoms with van der Waals surface area (Å²) in [6.07, 6.45) is 1.88. The molecule has 8 nitrogen and oxygen atoms in total. The van der Waals surface area contributed by atoms with Crippen molar-refractivity contribution in [1.29, 1.82) is 0 Å². The lowest BCUT2D eigenvalue weighted by molar-refractivity contribution is 0.138. The highest BCUT2D eigenvalue weighted by molar-refractivity contribution is 7.90. The summed E-state index contributed by atoms with van der Waals surface area (Å²) in [5.74, 6) is 0. The van der Waals surface area contributed by atoms with Crippen molar-refractivity contribution < 1.29 is 18.0 Å². The first-order chi connectivity index (χ1) is 12.6. The van der Waals surface area contributed by atoms with Gasteiger partial charge in [0.15, 0.2) is 9.84 Å². The molecule has 2 saturated heterocycles. The minimum absolute atomic E-state index is 0.0748. The van der Waals surface area contributed by atoms with Crippen LogP contribution in [-0.2, 0) is 9.84 Å². The normalized spacial score (nSPS) is 22.6.